The summed E-state index contributed by atoms with van der Waals surface area (Å²) in [4.78, 5) is 43.1. The Labute approximate surface area is 190 Å². The second-order valence-electron chi connectivity index (χ2n) is 7.81. The lowest BCUT2D eigenvalue weighted by atomic mass is 10.0. The predicted molar refractivity (Wildman–Crippen MR) is 127 cm³/mol. The molecule has 0 fully saturated rings. The third-order valence-corrected chi connectivity index (χ3v) is 5.46. The highest BCUT2D eigenvalue weighted by atomic mass is 16.5. The van der Waals surface area contributed by atoms with Gasteiger partial charge in [0.15, 0.2) is 5.78 Å². The lowest BCUT2D eigenvalue weighted by molar-refractivity contribution is -0.116. The summed E-state index contributed by atoms with van der Waals surface area (Å²) < 4.78 is 6.91. The number of ether oxygens (including phenoxy) is 1. The smallest absolute Gasteiger partial charge is 0.244 e. The average molecular weight is 441 g/mol. The van der Waals surface area contributed by atoms with Crippen molar-refractivity contribution in [2.75, 3.05) is 12.4 Å². The number of nitrogens with one attached hydrogen (secondary N) is 1. The van der Waals surface area contributed by atoms with Gasteiger partial charge in [-0.25, -0.2) is 0 Å². The number of rotatable bonds is 6. The second kappa shape index (κ2) is 9.08. The summed E-state index contributed by atoms with van der Waals surface area (Å²) in [6.45, 7) is 3.78. The molecule has 166 valence electrons. The summed E-state index contributed by atoms with van der Waals surface area (Å²) in [5.74, 6) is -0.165. The number of hydrogen-bond acceptors (Lipinski definition) is 5. The minimum atomic E-state index is -0.427. The van der Waals surface area contributed by atoms with Gasteiger partial charge in [0.1, 0.15) is 12.3 Å². The van der Waals surface area contributed by atoms with Crippen LogP contribution in [-0.2, 0) is 11.3 Å². The van der Waals surface area contributed by atoms with E-state index in [4.69, 9.17) is 4.74 Å². The molecule has 2 aromatic carbocycles. The van der Waals surface area contributed by atoms with Crippen LogP contribution in [0.3, 0.4) is 0 Å². The van der Waals surface area contributed by atoms with Gasteiger partial charge in [-0.3, -0.25) is 19.4 Å². The number of methoxy groups -OCH3 is 1. The number of fused-ring (bicyclic) bond motifs is 1. The summed E-state index contributed by atoms with van der Waals surface area (Å²) in [6, 6.07) is 13.9. The molecule has 1 N–H and O–H groups in total. The van der Waals surface area contributed by atoms with Crippen LogP contribution >= 0.6 is 0 Å². The van der Waals surface area contributed by atoms with Crippen LogP contribution in [-0.4, -0.2) is 28.4 Å². The molecule has 33 heavy (non-hydrogen) atoms. The van der Waals surface area contributed by atoms with Crippen molar-refractivity contribution >= 4 is 28.3 Å². The van der Waals surface area contributed by atoms with Crippen LogP contribution in [0.15, 0.2) is 71.9 Å². The van der Waals surface area contributed by atoms with Gasteiger partial charge in [0.25, 0.3) is 0 Å². The van der Waals surface area contributed by atoms with Gasteiger partial charge in [0.05, 0.1) is 18.2 Å². The van der Waals surface area contributed by atoms with Crippen molar-refractivity contribution in [3.63, 3.8) is 0 Å². The van der Waals surface area contributed by atoms with E-state index in [0.717, 1.165) is 16.8 Å². The van der Waals surface area contributed by atoms with Crippen molar-refractivity contribution in [2.45, 2.75) is 20.4 Å². The van der Waals surface area contributed by atoms with Crippen LogP contribution in [0.5, 0.6) is 5.75 Å². The Morgan fingerprint density at radius 3 is 2.52 bits per heavy atom. The predicted octanol–water partition coefficient (Wildman–Crippen LogP) is 3.89. The van der Waals surface area contributed by atoms with Gasteiger partial charge in [0.2, 0.25) is 11.3 Å². The van der Waals surface area contributed by atoms with E-state index < -0.39 is 11.2 Å². The molecule has 0 radical (unpaired) electrons. The molecule has 0 bridgehead atoms. The van der Waals surface area contributed by atoms with Crippen LogP contribution in [0.1, 0.15) is 27.0 Å². The maximum absolute atomic E-state index is 13.2. The highest BCUT2D eigenvalue weighted by molar-refractivity contribution is 6.10. The van der Waals surface area contributed by atoms with Crippen LogP contribution < -0.4 is 15.5 Å². The Morgan fingerprint density at radius 1 is 1.03 bits per heavy atom. The monoisotopic (exact) mass is 441 g/mol. The van der Waals surface area contributed by atoms with Crippen molar-refractivity contribution in [3.05, 3.63) is 99.6 Å². The minimum absolute atomic E-state index is 0.0154. The number of nitrogens with zero attached hydrogens (tertiary/aromatic N) is 2. The standard InChI is InChI=1S/C26H23N3O4/c1-16-4-5-17(2)22(12-16)28-24(30)15-29-14-21(25(31)18-8-10-27-11-9-18)26(32)20-7-6-19(33-3)13-23(20)29/h4-14H,15H2,1-3H3,(H,28,30). The average Bonchev–Trinajstić information content (AvgIpc) is 2.83. The number of pyridine rings is 2. The zero-order chi connectivity index (χ0) is 23.5. The van der Waals surface area contributed by atoms with Crippen LogP contribution in [0.2, 0.25) is 0 Å². The van der Waals surface area contributed by atoms with E-state index in [-0.39, 0.29) is 18.0 Å². The van der Waals surface area contributed by atoms with Crippen molar-refractivity contribution < 1.29 is 14.3 Å². The lowest BCUT2D eigenvalue weighted by Crippen LogP contribution is -2.24. The Kier molecular flexibility index (Phi) is 6.04. The molecule has 0 unspecified atom stereocenters. The molecule has 0 aliphatic rings. The highest BCUT2D eigenvalue weighted by Gasteiger charge is 2.19. The molecule has 0 aliphatic heterocycles. The first-order chi connectivity index (χ1) is 15.9. The maximum Gasteiger partial charge on any atom is 0.244 e. The Hall–Kier alpha value is -4.26. The van der Waals surface area contributed by atoms with Crippen molar-refractivity contribution in [3.8, 4) is 5.75 Å². The molecular formula is C26H23N3O4. The molecular weight excluding hydrogens is 418 g/mol. The fraction of sp³-hybridized carbons (Fsp3) is 0.154. The first-order valence-electron chi connectivity index (χ1n) is 10.4. The highest BCUT2D eigenvalue weighted by Crippen LogP contribution is 2.21. The summed E-state index contributed by atoms with van der Waals surface area (Å²) in [7, 11) is 1.53. The number of aromatic nitrogens is 2. The van der Waals surface area contributed by atoms with E-state index in [2.05, 4.69) is 10.3 Å². The third kappa shape index (κ3) is 4.52. The van der Waals surface area contributed by atoms with E-state index in [1.165, 1.54) is 25.7 Å². The topological polar surface area (TPSA) is 90.3 Å². The largest absolute Gasteiger partial charge is 0.497 e. The van der Waals surface area contributed by atoms with Gasteiger partial charge >= 0.3 is 0 Å². The normalized spacial score (nSPS) is 10.8. The molecule has 7 nitrogen and oxygen atoms in total. The van der Waals surface area contributed by atoms with Gasteiger partial charge in [0, 0.05) is 41.3 Å². The summed E-state index contributed by atoms with van der Waals surface area (Å²) in [5, 5.41) is 3.25. The van der Waals surface area contributed by atoms with Gasteiger partial charge in [-0.05, 0) is 55.3 Å². The van der Waals surface area contributed by atoms with E-state index in [1.54, 1.807) is 34.9 Å². The molecule has 2 aromatic heterocycles. The number of amides is 1. The van der Waals surface area contributed by atoms with E-state index in [0.29, 0.717) is 22.2 Å². The zero-order valence-electron chi connectivity index (χ0n) is 18.6. The molecule has 7 heteroatoms. The quantitative estimate of drug-likeness (QED) is 0.459. The first kappa shape index (κ1) is 22.0. The number of aryl methyl sites for hydroxylation is 2. The van der Waals surface area contributed by atoms with Crippen molar-refractivity contribution in [1.82, 2.24) is 9.55 Å². The molecule has 0 saturated carbocycles. The molecule has 4 aromatic rings. The van der Waals surface area contributed by atoms with E-state index >= 15 is 0 Å². The summed E-state index contributed by atoms with van der Waals surface area (Å²) in [5.41, 5.74) is 3.12. The number of anilines is 1. The van der Waals surface area contributed by atoms with Gasteiger partial charge in [-0.1, -0.05) is 12.1 Å². The number of hydrogen-bond donors (Lipinski definition) is 1. The first-order valence-corrected chi connectivity index (χ1v) is 10.4. The summed E-state index contributed by atoms with van der Waals surface area (Å²) >= 11 is 0. The maximum atomic E-state index is 13.2. The SMILES string of the molecule is COc1ccc2c(=O)c(C(=O)c3ccncc3)cn(CC(=O)Nc3cc(C)ccc3C)c2c1. The second-order valence-corrected chi connectivity index (χ2v) is 7.81. The van der Waals surface area contributed by atoms with Gasteiger partial charge in [-0.15, -0.1) is 0 Å². The summed E-state index contributed by atoms with van der Waals surface area (Å²) in [6.07, 6.45) is 4.43. The fourth-order valence-electron chi connectivity index (χ4n) is 3.66. The van der Waals surface area contributed by atoms with E-state index in [1.807, 2.05) is 32.0 Å². The lowest BCUT2D eigenvalue weighted by Gasteiger charge is -2.15. The van der Waals surface area contributed by atoms with Crippen LogP contribution in [0.4, 0.5) is 5.69 Å². The number of carbonyl (C=O) groups is 2. The molecule has 1 amide bonds. The molecule has 4 rings (SSSR count). The molecule has 0 saturated heterocycles. The van der Waals surface area contributed by atoms with Crippen LogP contribution in [0, 0.1) is 13.8 Å². The van der Waals surface area contributed by atoms with Gasteiger partial charge in [-0.2, -0.15) is 0 Å². The number of ketones is 1. The van der Waals surface area contributed by atoms with Crippen LogP contribution in [0.25, 0.3) is 10.9 Å². The third-order valence-electron chi connectivity index (χ3n) is 5.46. The molecule has 0 aliphatic carbocycles. The molecule has 0 spiro atoms. The number of benzene rings is 2. The molecule has 2 heterocycles. The van der Waals surface area contributed by atoms with Gasteiger partial charge < -0.3 is 14.6 Å². The molecule has 0 atom stereocenters. The zero-order valence-corrected chi connectivity index (χ0v) is 18.6. The van der Waals surface area contributed by atoms with E-state index in [9.17, 15) is 14.4 Å². The number of carbonyl (C=O) groups excluding carboxylic acids is 2. The Bertz CT molecular complexity index is 1430. The minimum Gasteiger partial charge on any atom is -0.497 e. The fourth-order valence-corrected chi connectivity index (χ4v) is 3.66. The van der Waals surface area contributed by atoms with Crippen molar-refractivity contribution in [1.29, 1.82) is 0 Å². The van der Waals surface area contributed by atoms with Crippen molar-refractivity contribution in [2.24, 2.45) is 0 Å². The Morgan fingerprint density at radius 2 is 1.79 bits per heavy atom. The Balaban J connectivity index is 1.79.